The highest BCUT2D eigenvalue weighted by molar-refractivity contribution is 7.84. The summed E-state index contributed by atoms with van der Waals surface area (Å²) in [5.74, 6) is 0.990. The molecule has 4 N–H and O–H groups in total. The Bertz CT molecular complexity index is 1420. The summed E-state index contributed by atoms with van der Waals surface area (Å²) in [6.07, 6.45) is 13.1. The Labute approximate surface area is 299 Å². The highest BCUT2D eigenvalue weighted by atomic mass is 32.2. The average Bonchev–Trinajstić information content (AvgIpc) is 3.74. The number of nitrogens with zero attached hydrogens (tertiary/aromatic N) is 1. The number of likely N-dealkylation sites (tertiary alicyclic amines) is 1. The van der Waals surface area contributed by atoms with Crippen LogP contribution in [0, 0.1) is 29.6 Å². The van der Waals surface area contributed by atoms with Crippen LogP contribution in [0.5, 0.6) is 0 Å². The summed E-state index contributed by atoms with van der Waals surface area (Å²) in [5, 5.41) is 11.2. The van der Waals surface area contributed by atoms with E-state index >= 15 is 0 Å². The van der Waals surface area contributed by atoms with Crippen molar-refractivity contribution < 1.29 is 32.6 Å². The number of urea groups is 1. The number of carbonyl (C=O) groups excluding carboxylic acids is 5. The Balaban J connectivity index is 1.81. The lowest BCUT2D eigenvalue weighted by Gasteiger charge is -2.40. The van der Waals surface area contributed by atoms with Gasteiger partial charge in [0.1, 0.15) is 17.8 Å². The zero-order valence-electron chi connectivity index (χ0n) is 30.2. The molecule has 1 saturated heterocycles. The van der Waals surface area contributed by atoms with Crippen LogP contribution >= 0.6 is 0 Å². The maximum absolute atomic E-state index is 14.4. The first-order valence-corrected chi connectivity index (χ1v) is 19.0. The summed E-state index contributed by atoms with van der Waals surface area (Å²) in [6.45, 7) is 13.4. The predicted molar refractivity (Wildman–Crippen MR) is 193 cm³/mol. The Kier molecular flexibility index (Phi) is 14.9. The average molecular weight is 714 g/mol. The Morgan fingerprint density at radius 1 is 1.16 bits per heavy atom. The lowest BCUT2D eigenvalue weighted by Crippen LogP contribution is -2.63. The molecule has 3 rings (SSSR count). The van der Waals surface area contributed by atoms with Gasteiger partial charge in [0.05, 0.1) is 23.6 Å². The van der Waals surface area contributed by atoms with Gasteiger partial charge in [0, 0.05) is 36.1 Å². The van der Waals surface area contributed by atoms with E-state index in [1.165, 1.54) is 17.2 Å². The first-order valence-electron chi connectivity index (χ1n) is 17.5. The molecule has 0 aromatic carbocycles. The molecular weight excluding hydrogens is 659 g/mol. The summed E-state index contributed by atoms with van der Waals surface area (Å²) in [4.78, 5) is 69.0. The molecule has 5 amide bonds. The van der Waals surface area contributed by atoms with E-state index < -0.39 is 69.4 Å². The molecule has 1 aromatic rings. The second kappa shape index (κ2) is 18.4. The van der Waals surface area contributed by atoms with E-state index in [1.54, 1.807) is 12.1 Å². The van der Waals surface area contributed by atoms with Gasteiger partial charge in [0.2, 0.25) is 17.6 Å². The highest BCUT2D eigenvalue weighted by Gasteiger charge is 2.47. The highest BCUT2D eigenvalue weighted by Crippen LogP contribution is 2.33. The van der Waals surface area contributed by atoms with Gasteiger partial charge < -0.3 is 30.6 Å². The van der Waals surface area contributed by atoms with E-state index in [0.29, 0.717) is 25.0 Å². The number of rotatable bonds is 16. The van der Waals surface area contributed by atoms with Crippen molar-refractivity contribution in [3.63, 3.8) is 0 Å². The third kappa shape index (κ3) is 11.3. The third-order valence-corrected chi connectivity index (χ3v) is 11.1. The minimum Gasteiger partial charge on any atom is -0.468 e. The molecule has 0 spiro atoms. The van der Waals surface area contributed by atoms with E-state index in [-0.39, 0.29) is 49.3 Å². The zero-order chi connectivity index (χ0) is 37.1. The van der Waals surface area contributed by atoms with Crippen LogP contribution in [-0.4, -0.2) is 81.2 Å². The topological polar surface area (TPSA) is 167 Å². The van der Waals surface area contributed by atoms with Gasteiger partial charge in [-0.15, -0.1) is 18.9 Å². The minimum atomic E-state index is -1.30. The molecule has 276 valence electrons. The number of terminal acetylenes is 1. The monoisotopic (exact) mass is 713 g/mol. The molecule has 0 bridgehead atoms. The normalized spacial score (nSPS) is 20.5. The van der Waals surface area contributed by atoms with Crippen LogP contribution in [0.2, 0.25) is 0 Å². The Morgan fingerprint density at radius 3 is 2.44 bits per heavy atom. The van der Waals surface area contributed by atoms with E-state index in [2.05, 4.69) is 33.8 Å². The van der Waals surface area contributed by atoms with Gasteiger partial charge in [-0.3, -0.25) is 23.4 Å². The molecule has 5 atom stereocenters. The molecule has 2 fully saturated rings. The molecule has 50 heavy (non-hydrogen) atoms. The molecule has 2 aliphatic rings. The molecule has 2 unspecified atom stereocenters. The maximum Gasteiger partial charge on any atom is 0.315 e. The Morgan fingerprint density at radius 2 is 1.86 bits per heavy atom. The second-order valence-corrected chi connectivity index (χ2v) is 16.4. The molecule has 1 saturated carbocycles. The van der Waals surface area contributed by atoms with Gasteiger partial charge in [-0.1, -0.05) is 60.0 Å². The first-order chi connectivity index (χ1) is 23.6. The number of furan rings is 1. The summed E-state index contributed by atoms with van der Waals surface area (Å²) in [5.41, 5.74) is -1.45. The zero-order valence-corrected chi connectivity index (χ0v) is 31.0. The number of amides is 5. The second-order valence-electron chi connectivity index (χ2n) is 15.0. The summed E-state index contributed by atoms with van der Waals surface area (Å²) in [7, 11) is -1.30. The summed E-state index contributed by atoms with van der Waals surface area (Å²) < 4.78 is 18.6. The van der Waals surface area contributed by atoms with Crippen molar-refractivity contribution in [2.24, 2.45) is 17.3 Å². The van der Waals surface area contributed by atoms with Crippen molar-refractivity contribution in [1.82, 2.24) is 26.2 Å². The van der Waals surface area contributed by atoms with E-state index in [1.807, 2.05) is 34.6 Å². The lowest BCUT2D eigenvalue weighted by molar-refractivity contribution is -0.143. The molecule has 1 aliphatic heterocycles. The van der Waals surface area contributed by atoms with Crippen molar-refractivity contribution in [2.75, 3.05) is 18.8 Å². The van der Waals surface area contributed by atoms with E-state index in [4.69, 9.17) is 10.8 Å². The standard InChI is InChI=1S/C37H55N5O7S/c1-8-10-16-28(30(43)33(45)38-19-9-2)39-32(44)29-21-26(25(3)4)22-42(29)34(46)31(36(5,6)7)40-35(47)41-37(17-12-11-13-18-37)24-50(48)23-27-15-14-20-49-27/h1,9,14-15,20,25-26,28-29,31H,2,10-13,16-19,21-24H2,3-7H3,(H,38,45)(H,39,44)(H2,40,41,47)/t26-,28?,29+,31-,50?/m1/s1. The molecule has 1 aliphatic carbocycles. The van der Waals surface area contributed by atoms with E-state index in [9.17, 15) is 28.2 Å². The third-order valence-electron chi connectivity index (χ3n) is 9.60. The minimum absolute atomic E-state index is 0.0189. The number of Topliss-reactive ketones (excluding diaryl/α,β-unsaturated/α-hetero) is 1. The Hall–Kier alpha value is -3.92. The van der Waals surface area contributed by atoms with Gasteiger partial charge in [-0.25, -0.2) is 4.79 Å². The fourth-order valence-corrected chi connectivity index (χ4v) is 8.25. The van der Waals surface area contributed by atoms with Crippen molar-refractivity contribution in [1.29, 1.82) is 0 Å². The number of carbonyl (C=O) groups is 5. The van der Waals surface area contributed by atoms with Crippen molar-refractivity contribution in [3.05, 3.63) is 36.8 Å². The number of ketones is 1. The van der Waals surface area contributed by atoms with Gasteiger partial charge in [-0.2, -0.15) is 0 Å². The molecular formula is C37H55N5O7S. The van der Waals surface area contributed by atoms with Crippen LogP contribution in [0.1, 0.15) is 91.7 Å². The first kappa shape index (κ1) is 40.5. The van der Waals surface area contributed by atoms with Crippen LogP contribution < -0.4 is 21.3 Å². The van der Waals surface area contributed by atoms with Gasteiger partial charge in [0.25, 0.3) is 5.91 Å². The van der Waals surface area contributed by atoms with Crippen LogP contribution in [0.3, 0.4) is 0 Å². The van der Waals surface area contributed by atoms with Crippen molar-refractivity contribution >= 4 is 40.3 Å². The van der Waals surface area contributed by atoms with Crippen LogP contribution in [0.15, 0.2) is 35.5 Å². The number of nitrogens with one attached hydrogen (secondary N) is 4. The fourth-order valence-electron chi connectivity index (χ4n) is 6.69. The molecule has 1 aromatic heterocycles. The number of hydrogen-bond donors (Lipinski definition) is 4. The lowest BCUT2D eigenvalue weighted by atomic mass is 9.83. The van der Waals surface area contributed by atoms with Gasteiger partial charge in [0.15, 0.2) is 0 Å². The van der Waals surface area contributed by atoms with Gasteiger partial charge >= 0.3 is 6.03 Å². The quantitative estimate of drug-likeness (QED) is 0.115. The van der Waals surface area contributed by atoms with Gasteiger partial charge in [-0.05, 0) is 55.1 Å². The molecule has 0 radical (unpaired) electrons. The predicted octanol–water partition coefficient (Wildman–Crippen LogP) is 3.59. The van der Waals surface area contributed by atoms with Crippen LogP contribution in [0.4, 0.5) is 4.79 Å². The fraction of sp³-hybridized carbons (Fsp3) is 0.649. The largest absolute Gasteiger partial charge is 0.468 e. The smallest absolute Gasteiger partial charge is 0.315 e. The summed E-state index contributed by atoms with van der Waals surface area (Å²) in [6, 6.07) is -0.140. The maximum atomic E-state index is 14.4. The molecule has 2 heterocycles. The SMILES string of the molecule is C#CCCC(NC(=O)[C@@H]1C[C@@H](C(C)C)CN1C(=O)[C@@H](NC(=O)NC1(CS(=O)Cc2ccco2)CCCCC1)C(C)(C)C)C(=O)C(=O)NCC=C. The molecule has 12 nitrogen and oxygen atoms in total. The van der Waals surface area contributed by atoms with Crippen LogP contribution in [-0.2, 0) is 35.7 Å². The van der Waals surface area contributed by atoms with E-state index in [0.717, 1.165) is 19.3 Å². The summed E-state index contributed by atoms with van der Waals surface area (Å²) >= 11 is 0. The number of hydrogen-bond acceptors (Lipinski definition) is 7. The van der Waals surface area contributed by atoms with Crippen molar-refractivity contribution in [3.8, 4) is 12.3 Å². The van der Waals surface area contributed by atoms with Crippen molar-refractivity contribution in [2.45, 2.75) is 115 Å². The van der Waals surface area contributed by atoms with Crippen LogP contribution in [0.25, 0.3) is 0 Å². The molecule has 13 heteroatoms.